The molecule has 0 bridgehead atoms. The van der Waals surface area contributed by atoms with E-state index in [9.17, 15) is 14.4 Å². The highest BCUT2D eigenvalue weighted by molar-refractivity contribution is 5.98. The number of nitrogens with zero attached hydrogens (tertiary/aromatic N) is 1. The van der Waals surface area contributed by atoms with Crippen molar-refractivity contribution in [2.45, 2.75) is 39.0 Å². The number of hydrogen-bond donors (Lipinski definition) is 2. The zero-order valence-electron chi connectivity index (χ0n) is 15.8. The molecule has 0 aliphatic carbocycles. The lowest BCUT2D eigenvalue weighted by Crippen LogP contribution is -2.37. The third-order valence-electron chi connectivity index (χ3n) is 4.97. The zero-order chi connectivity index (χ0) is 20.3. The van der Waals surface area contributed by atoms with Crippen LogP contribution in [0.1, 0.15) is 46.6 Å². The Bertz CT molecular complexity index is 948. The third-order valence-corrected chi connectivity index (χ3v) is 4.97. The second kappa shape index (κ2) is 8.05. The summed E-state index contributed by atoms with van der Waals surface area (Å²) in [5.74, 6) is -0.788. The predicted molar refractivity (Wildman–Crippen MR) is 105 cm³/mol. The molecular weight excluding hydrogens is 354 g/mol. The summed E-state index contributed by atoms with van der Waals surface area (Å²) >= 11 is 0. The van der Waals surface area contributed by atoms with Gasteiger partial charge in [-0.2, -0.15) is 5.26 Å². The minimum absolute atomic E-state index is 0.130. The molecule has 1 fully saturated rings. The van der Waals surface area contributed by atoms with Crippen molar-refractivity contribution < 1.29 is 14.4 Å². The maximum absolute atomic E-state index is 12.4. The van der Waals surface area contributed by atoms with Crippen molar-refractivity contribution in [2.24, 2.45) is 0 Å². The van der Waals surface area contributed by atoms with Crippen LogP contribution in [-0.2, 0) is 20.8 Å². The van der Waals surface area contributed by atoms with E-state index < -0.39 is 0 Å². The number of benzene rings is 2. The molecule has 2 aromatic carbocycles. The monoisotopic (exact) mass is 375 g/mol. The van der Waals surface area contributed by atoms with Crippen LogP contribution in [0.3, 0.4) is 0 Å². The number of rotatable bonds is 4. The molecule has 0 spiro atoms. The smallest absolute Gasteiger partial charge is 0.228 e. The molecule has 28 heavy (non-hydrogen) atoms. The van der Waals surface area contributed by atoms with E-state index in [1.165, 1.54) is 0 Å². The van der Waals surface area contributed by atoms with E-state index in [4.69, 9.17) is 5.26 Å². The van der Waals surface area contributed by atoms with Crippen LogP contribution < -0.4 is 10.6 Å². The van der Waals surface area contributed by atoms with Crippen LogP contribution in [0.5, 0.6) is 0 Å². The molecule has 3 rings (SSSR count). The Morgan fingerprint density at radius 2 is 1.68 bits per heavy atom. The number of imide groups is 1. The van der Waals surface area contributed by atoms with E-state index in [0.717, 1.165) is 22.3 Å². The highest BCUT2D eigenvalue weighted by atomic mass is 16.2. The Hall–Kier alpha value is -3.46. The first-order chi connectivity index (χ1) is 13.4. The van der Waals surface area contributed by atoms with Gasteiger partial charge in [-0.1, -0.05) is 12.1 Å². The second-order valence-corrected chi connectivity index (χ2v) is 7.12. The number of amides is 3. The third kappa shape index (κ3) is 4.44. The summed E-state index contributed by atoms with van der Waals surface area (Å²) in [6.45, 7) is 3.79. The van der Waals surface area contributed by atoms with Crippen LogP contribution >= 0.6 is 0 Å². The molecule has 6 heteroatoms. The molecule has 3 amide bonds. The van der Waals surface area contributed by atoms with Gasteiger partial charge in [-0.3, -0.25) is 19.7 Å². The van der Waals surface area contributed by atoms with Crippen molar-refractivity contribution in [3.63, 3.8) is 0 Å². The molecule has 1 aliphatic rings. The van der Waals surface area contributed by atoms with Crippen molar-refractivity contribution in [2.75, 3.05) is 5.32 Å². The van der Waals surface area contributed by atoms with Crippen molar-refractivity contribution in [3.05, 3.63) is 64.2 Å². The first-order valence-electron chi connectivity index (χ1n) is 9.08. The van der Waals surface area contributed by atoms with Gasteiger partial charge in [-0.25, -0.2) is 0 Å². The topological polar surface area (TPSA) is 99.1 Å². The number of carbonyl (C=O) groups excluding carboxylic acids is 3. The molecule has 1 saturated heterocycles. The minimum atomic E-state index is -0.258. The van der Waals surface area contributed by atoms with Gasteiger partial charge >= 0.3 is 0 Å². The highest BCUT2D eigenvalue weighted by Crippen LogP contribution is 2.27. The molecule has 1 aliphatic heterocycles. The lowest BCUT2D eigenvalue weighted by molar-refractivity contribution is -0.133. The van der Waals surface area contributed by atoms with Gasteiger partial charge in [-0.15, -0.1) is 0 Å². The maximum atomic E-state index is 12.4. The van der Waals surface area contributed by atoms with E-state index in [0.29, 0.717) is 11.3 Å². The fourth-order valence-electron chi connectivity index (χ4n) is 3.55. The molecule has 1 heterocycles. The molecule has 0 aromatic heterocycles. The number of piperidine rings is 1. The standard InChI is InChI=1S/C22H21N3O3/c1-13-7-15(12-23)8-14(2)19(13)11-22(28)24-18-5-3-16(4-6-18)17-9-20(26)25-21(27)10-17/h3-8,17H,9-11H2,1-2H3,(H,24,28)(H,25,26,27). The van der Waals surface area contributed by atoms with Gasteiger partial charge in [0.2, 0.25) is 17.7 Å². The maximum Gasteiger partial charge on any atom is 0.228 e. The number of carbonyl (C=O) groups is 3. The second-order valence-electron chi connectivity index (χ2n) is 7.12. The number of nitrogens with one attached hydrogen (secondary N) is 2. The molecule has 2 N–H and O–H groups in total. The van der Waals surface area contributed by atoms with Crippen LogP contribution in [0.15, 0.2) is 36.4 Å². The molecule has 6 nitrogen and oxygen atoms in total. The molecule has 142 valence electrons. The van der Waals surface area contributed by atoms with Gasteiger partial charge in [-0.05, 0) is 60.4 Å². The molecule has 0 radical (unpaired) electrons. The largest absolute Gasteiger partial charge is 0.326 e. The average molecular weight is 375 g/mol. The molecule has 0 saturated carbocycles. The number of nitriles is 1. The van der Waals surface area contributed by atoms with Crippen LogP contribution in [0.2, 0.25) is 0 Å². The first-order valence-corrected chi connectivity index (χ1v) is 9.08. The zero-order valence-corrected chi connectivity index (χ0v) is 15.8. The van der Waals surface area contributed by atoms with Crippen molar-refractivity contribution in [1.29, 1.82) is 5.26 Å². The summed E-state index contributed by atoms with van der Waals surface area (Å²) in [5, 5.41) is 14.2. The molecule has 2 aromatic rings. The van der Waals surface area contributed by atoms with E-state index in [2.05, 4.69) is 16.7 Å². The summed E-state index contributed by atoms with van der Waals surface area (Å²) in [7, 11) is 0. The quantitative estimate of drug-likeness (QED) is 0.803. The van der Waals surface area contributed by atoms with Crippen LogP contribution in [0, 0.1) is 25.2 Å². The first kappa shape index (κ1) is 19.3. The summed E-state index contributed by atoms with van der Waals surface area (Å²) in [4.78, 5) is 35.5. The Kier molecular flexibility index (Phi) is 5.55. The summed E-state index contributed by atoms with van der Waals surface area (Å²) < 4.78 is 0. The summed E-state index contributed by atoms with van der Waals surface area (Å²) in [6.07, 6.45) is 0.797. The van der Waals surface area contributed by atoms with E-state index in [1.54, 1.807) is 24.3 Å². The SMILES string of the molecule is Cc1cc(C#N)cc(C)c1CC(=O)Nc1ccc(C2CC(=O)NC(=O)C2)cc1. The number of aryl methyl sites for hydroxylation is 2. The lowest BCUT2D eigenvalue weighted by atomic mass is 9.89. The molecule has 0 unspecified atom stereocenters. The fourth-order valence-corrected chi connectivity index (χ4v) is 3.55. The molecular formula is C22H21N3O3. The fraction of sp³-hybridized carbons (Fsp3) is 0.273. The van der Waals surface area contributed by atoms with Gasteiger partial charge in [0.05, 0.1) is 18.1 Å². The Morgan fingerprint density at radius 1 is 1.11 bits per heavy atom. The van der Waals surface area contributed by atoms with Crippen molar-refractivity contribution >= 4 is 23.4 Å². The number of hydrogen-bond acceptors (Lipinski definition) is 4. The van der Waals surface area contributed by atoms with Gasteiger partial charge in [0.25, 0.3) is 0 Å². The summed E-state index contributed by atoms with van der Waals surface area (Å²) in [5.41, 5.74) is 4.90. The molecule has 0 atom stereocenters. The highest BCUT2D eigenvalue weighted by Gasteiger charge is 2.26. The predicted octanol–water partition coefficient (Wildman–Crippen LogP) is 2.88. The van der Waals surface area contributed by atoms with E-state index >= 15 is 0 Å². The Labute approximate surface area is 163 Å². The van der Waals surface area contributed by atoms with E-state index in [1.807, 2.05) is 26.0 Å². The van der Waals surface area contributed by atoms with Crippen LogP contribution in [0.25, 0.3) is 0 Å². The lowest BCUT2D eigenvalue weighted by Gasteiger charge is -2.21. The Morgan fingerprint density at radius 3 is 2.21 bits per heavy atom. The van der Waals surface area contributed by atoms with Gasteiger partial charge < -0.3 is 5.32 Å². The van der Waals surface area contributed by atoms with Gasteiger partial charge in [0.15, 0.2) is 0 Å². The van der Waals surface area contributed by atoms with Crippen molar-refractivity contribution in [3.8, 4) is 6.07 Å². The van der Waals surface area contributed by atoms with Crippen LogP contribution in [-0.4, -0.2) is 17.7 Å². The van der Waals surface area contributed by atoms with E-state index in [-0.39, 0.29) is 42.9 Å². The summed E-state index contributed by atoms with van der Waals surface area (Å²) in [6, 6.07) is 12.9. The number of anilines is 1. The van der Waals surface area contributed by atoms with Crippen molar-refractivity contribution in [1.82, 2.24) is 5.32 Å². The van der Waals surface area contributed by atoms with Gasteiger partial charge in [0, 0.05) is 24.4 Å². The Balaban J connectivity index is 1.66. The van der Waals surface area contributed by atoms with Gasteiger partial charge in [0.1, 0.15) is 0 Å². The normalized spacial score (nSPS) is 14.3. The minimum Gasteiger partial charge on any atom is -0.326 e. The van der Waals surface area contributed by atoms with Crippen LogP contribution in [0.4, 0.5) is 5.69 Å². The average Bonchev–Trinajstić information content (AvgIpc) is 2.64.